The zero-order chi connectivity index (χ0) is 17.2. The second-order valence-electron chi connectivity index (χ2n) is 4.42. The predicted molar refractivity (Wildman–Crippen MR) is 80.3 cm³/mol. The molecule has 7 nitrogen and oxygen atoms in total. The fourth-order valence-electron chi connectivity index (χ4n) is 1.70. The highest BCUT2D eigenvalue weighted by Crippen LogP contribution is 2.34. The molecule has 0 atom stereocenters. The number of hydrogen-bond donors (Lipinski definition) is 4. The molecule has 0 bridgehead atoms. The van der Waals surface area contributed by atoms with Crippen LogP contribution in [0.5, 0.6) is 0 Å². The fourth-order valence-corrected chi connectivity index (χ4v) is 2.41. The summed E-state index contributed by atoms with van der Waals surface area (Å²) in [5, 5.41) is 7.38. The average molecular weight is 347 g/mol. The highest BCUT2D eigenvalue weighted by atomic mass is 32.1. The van der Waals surface area contributed by atoms with Crippen LogP contribution in [0, 0.1) is 6.92 Å². The Kier molecular flexibility index (Phi) is 4.59. The zero-order valence-corrected chi connectivity index (χ0v) is 12.8. The van der Waals surface area contributed by atoms with Crippen molar-refractivity contribution in [2.75, 3.05) is 17.7 Å². The summed E-state index contributed by atoms with van der Waals surface area (Å²) in [7, 11) is 1.36. The van der Waals surface area contributed by atoms with E-state index in [2.05, 4.69) is 25.3 Å². The maximum Gasteiger partial charge on any atom is 0.418 e. The molecule has 2 amide bonds. The second kappa shape index (κ2) is 6.28. The molecular weight excluding hydrogens is 335 g/mol. The van der Waals surface area contributed by atoms with Crippen molar-refractivity contribution in [1.29, 1.82) is 0 Å². The number of aromatic nitrogens is 2. The average Bonchev–Trinajstić information content (AvgIpc) is 2.81. The summed E-state index contributed by atoms with van der Waals surface area (Å²) < 4.78 is 41.0. The Morgan fingerprint density at radius 2 is 2.09 bits per heavy atom. The lowest BCUT2D eigenvalue weighted by Gasteiger charge is -2.12. The SMILES string of the molecule is CNC(=O)Nc1c(Nc2cnc(C)c(C(F)(F)F)c2)s[nH]c1=O. The van der Waals surface area contributed by atoms with E-state index in [-0.39, 0.29) is 22.1 Å². The van der Waals surface area contributed by atoms with Gasteiger partial charge in [-0.25, -0.2) is 4.79 Å². The number of alkyl halides is 3. The highest BCUT2D eigenvalue weighted by Gasteiger charge is 2.33. The van der Waals surface area contributed by atoms with E-state index < -0.39 is 23.3 Å². The number of aryl methyl sites for hydroxylation is 1. The molecule has 2 aromatic heterocycles. The van der Waals surface area contributed by atoms with Crippen LogP contribution in [0.1, 0.15) is 11.3 Å². The number of rotatable bonds is 3. The predicted octanol–water partition coefficient (Wildman–Crippen LogP) is 2.65. The van der Waals surface area contributed by atoms with Crippen molar-refractivity contribution in [2.45, 2.75) is 13.1 Å². The number of amides is 2. The number of pyridine rings is 1. The lowest BCUT2D eigenvalue weighted by atomic mass is 10.2. The third-order valence-corrected chi connectivity index (χ3v) is 3.61. The molecule has 0 aliphatic heterocycles. The molecule has 0 saturated carbocycles. The van der Waals surface area contributed by atoms with Crippen LogP contribution in [0.15, 0.2) is 17.1 Å². The summed E-state index contributed by atoms with van der Waals surface area (Å²) in [6.07, 6.45) is -3.33. The third-order valence-electron chi connectivity index (χ3n) is 2.82. The molecule has 2 rings (SSSR count). The van der Waals surface area contributed by atoms with Gasteiger partial charge >= 0.3 is 12.2 Å². The smallest absolute Gasteiger partial charge is 0.343 e. The van der Waals surface area contributed by atoms with E-state index in [0.29, 0.717) is 0 Å². The van der Waals surface area contributed by atoms with Crippen LogP contribution in [-0.2, 0) is 6.18 Å². The quantitative estimate of drug-likeness (QED) is 0.686. The molecule has 0 radical (unpaired) electrons. The van der Waals surface area contributed by atoms with Crippen molar-refractivity contribution in [2.24, 2.45) is 0 Å². The van der Waals surface area contributed by atoms with Gasteiger partial charge in [0.2, 0.25) is 0 Å². The van der Waals surface area contributed by atoms with Gasteiger partial charge in [0.15, 0.2) is 0 Å². The number of halogens is 3. The van der Waals surface area contributed by atoms with E-state index >= 15 is 0 Å². The molecular formula is C12H12F3N5O2S. The topological polar surface area (TPSA) is 98.9 Å². The Labute approximate surface area is 132 Å². The molecule has 124 valence electrons. The zero-order valence-electron chi connectivity index (χ0n) is 12.0. The summed E-state index contributed by atoms with van der Waals surface area (Å²) in [4.78, 5) is 26.6. The summed E-state index contributed by atoms with van der Waals surface area (Å²) >= 11 is 0.841. The van der Waals surface area contributed by atoms with E-state index in [4.69, 9.17) is 0 Å². The number of nitrogens with zero attached hydrogens (tertiary/aromatic N) is 1. The van der Waals surface area contributed by atoms with Gasteiger partial charge in [-0.2, -0.15) is 13.2 Å². The van der Waals surface area contributed by atoms with Gasteiger partial charge < -0.3 is 16.0 Å². The third kappa shape index (κ3) is 3.80. The van der Waals surface area contributed by atoms with E-state index in [1.807, 2.05) is 0 Å². The number of urea groups is 1. The van der Waals surface area contributed by atoms with Gasteiger partial charge in [-0.15, -0.1) is 0 Å². The largest absolute Gasteiger partial charge is 0.418 e. The summed E-state index contributed by atoms with van der Waals surface area (Å²) in [6.45, 7) is 1.25. The van der Waals surface area contributed by atoms with Crippen molar-refractivity contribution < 1.29 is 18.0 Å². The standard InChI is InChI=1S/C12H12F3N5O2S/c1-5-7(12(13,14)15)3-6(4-17-5)18-10-8(9(21)20-23-10)19-11(22)16-2/h3-4,18H,1-2H3,(H,20,21)(H2,16,19,22). The van der Waals surface area contributed by atoms with Gasteiger partial charge in [-0.1, -0.05) is 0 Å². The van der Waals surface area contributed by atoms with Crippen LogP contribution >= 0.6 is 11.5 Å². The normalized spacial score (nSPS) is 11.2. The van der Waals surface area contributed by atoms with Gasteiger partial charge in [-0.3, -0.25) is 14.2 Å². The maximum atomic E-state index is 12.9. The van der Waals surface area contributed by atoms with Gasteiger partial charge in [0, 0.05) is 12.7 Å². The number of nitrogens with one attached hydrogen (secondary N) is 4. The van der Waals surface area contributed by atoms with E-state index in [0.717, 1.165) is 17.6 Å². The maximum absolute atomic E-state index is 12.9. The van der Waals surface area contributed by atoms with Gasteiger partial charge in [-0.05, 0) is 24.5 Å². The van der Waals surface area contributed by atoms with Crippen LogP contribution in [-0.4, -0.2) is 22.4 Å². The first kappa shape index (κ1) is 16.8. The minimum Gasteiger partial charge on any atom is -0.343 e. The fraction of sp³-hybridized carbons (Fsp3) is 0.250. The summed E-state index contributed by atoms with van der Waals surface area (Å²) in [6, 6.07) is 0.255. The van der Waals surface area contributed by atoms with Gasteiger partial charge in [0.25, 0.3) is 5.56 Å². The lowest BCUT2D eigenvalue weighted by molar-refractivity contribution is -0.138. The first-order valence-electron chi connectivity index (χ1n) is 6.23. The Morgan fingerprint density at radius 1 is 1.39 bits per heavy atom. The molecule has 0 saturated heterocycles. The Balaban J connectivity index is 2.34. The molecule has 4 N–H and O–H groups in total. The van der Waals surface area contributed by atoms with Crippen molar-refractivity contribution in [3.8, 4) is 0 Å². The first-order chi connectivity index (χ1) is 10.7. The monoisotopic (exact) mass is 347 g/mol. The Morgan fingerprint density at radius 3 is 2.70 bits per heavy atom. The van der Waals surface area contributed by atoms with E-state index in [1.165, 1.54) is 20.2 Å². The summed E-state index contributed by atoms with van der Waals surface area (Å²) in [5.74, 6) is 0. The number of aromatic amines is 1. The molecule has 2 aromatic rings. The van der Waals surface area contributed by atoms with Crippen LogP contribution in [0.2, 0.25) is 0 Å². The van der Waals surface area contributed by atoms with Gasteiger partial charge in [0.05, 0.1) is 17.4 Å². The molecule has 0 spiro atoms. The minimum atomic E-state index is -4.54. The number of anilines is 3. The molecule has 23 heavy (non-hydrogen) atoms. The molecule has 0 aliphatic carbocycles. The van der Waals surface area contributed by atoms with Crippen molar-refractivity contribution in [3.63, 3.8) is 0 Å². The van der Waals surface area contributed by atoms with Crippen LogP contribution in [0.3, 0.4) is 0 Å². The molecule has 0 aromatic carbocycles. The molecule has 0 aliphatic rings. The molecule has 0 fully saturated rings. The second-order valence-corrected chi connectivity index (χ2v) is 5.24. The minimum absolute atomic E-state index is 0.0399. The number of carbonyl (C=O) groups is 1. The summed E-state index contributed by atoms with van der Waals surface area (Å²) in [5.41, 5.74) is -1.67. The number of hydrogen-bond acceptors (Lipinski definition) is 5. The molecule has 11 heteroatoms. The Hall–Kier alpha value is -2.56. The van der Waals surface area contributed by atoms with Crippen molar-refractivity contribution in [3.05, 3.63) is 33.9 Å². The lowest BCUT2D eigenvalue weighted by Crippen LogP contribution is -2.27. The highest BCUT2D eigenvalue weighted by molar-refractivity contribution is 7.11. The molecule has 2 heterocycles. The Bertz CT molecular complexity index is 784. The van der Waals surface area contributed by atoms with Crippen LogP contribution in [0.25, 0.3) is 0 Å². The first-order valence-corrected chi connectivity index (χ1v) is 7.05. The number of H-pyrrole nitrogens is 1. The van der Waals surface area contributed by atoms with Crippen molar-refractivity contribution in [1.82, 2.24) is 14.7 Å². The van der Waals surface area contributed by atoms with E-state index in [9.17, 15) is 22.8 Å². The molecule has 0 unspecified atom stereocenters. The van der Waals surface area contributed by atoms with Gasteiger partial charge in [0.1, 0.15) is 10.7 Å². The van der Waals surface area contributed by atoms with Crippen LogP contribution in [0.4, 0.5) is 34.3 Å². The van der Waals surface area contributed by atoms with Crippen molar-refractivity contribution >= 4 is 33.9 Å². The number of carbonyl (C=O) groups excluding carboxylic acids is 1. The van der Waals surface area contributed by atoms with E-state index in [1.54, 1.807) is 0 Å². The van der Waals surface area contributed by atoms with Crippen LogP contribution < -0.4 is 21.5 Å².